The van der Waals surface area contributed by atoms with Gasteiger partial charge in [0.2, 0.25) is 0 Å². The third kappa shape index (κ3) is 4.08. The number of fused-ring (bicyclic) bond motifs is 1. The zero-order valence-corrected chi connectivity index (χ0v) is 17.3. The molecule has 0 aliphatic carbocycles. The van der Waals surface area contributed by atoms with E-state index in [0.717, 1.165) is 10.0 Å². The van der Waals surface area contributed by atoms with Gasteiger partial charge in [0.05, 0.1) is 19.3 Å². The monoisotopic (exact) mass is 468 g/mol. The van der Waals surface area contributed by atoms with E-state index in [1.807, 2.05) is 24.3 Å². The summed E-state index contributed by atoms with van der Waals surface area (Å²) < 4.78 is 4.05. The first-order valence-corrected chi connectivity index (χ1v) is 9.93. The van der Waals surface area contributed by atoms with Crippen LogP contribution >= 0.6 is 15.9 Å². The molecule has 0 fully saturated rings. The first-order chi connectivity index (χ1) is 14.5. The van der Waals surface area contributed by atoms with Crippen LogP contribution in [0.15, 0.2) is 69.2 Å². The van der Waals surface area contributed by atoms with Gasteiger partial charge in [0.25, 0.3) is 17.0 Å². The maximum atomic E-state index is 12.8. The van der Waals surface area contributed by atoms with Crippen molar-refractivity contribution in [1.29, 1.82) is 0 Å². The molecule has 3 aromatic heterocycles. The van der Waals surface area contributed by atoms with Crippen LogP contribution in [0.25, 0.3) is 11.0 Å². The van der Waals surface area contributed by atoms with Crippen molar-refractivity contribution >= 4 is 32.9 Å². The highest BCUT2D eigenvalue weighted by Gasteiger charge is 2.12. The van der Waals surface area contributed by atoms with Crippen molar-refractivity contribution in [2.45, 2.75) is 13.1 Å². The summed E-state index contributed by atoms with van der Waals surface area (Å²) in [6.07, 6.45) is 4.43. The number of amides is 1. The van der Waals surface area contributed by atoms with Gasteiger partial charge in [0.1, 0.15) is 17.3 Å². The molecule has 0 bridgehead atoms. The van der Waals surface area contributed by atoms with E-state index in [-0.39, 0.29) is 17.7 Å². The predicted molar refractivity (Wildman–Crippen MR) is 114 cm³/mol. The number of nitrogens with zero attached hydrogens (tertiary/aromatic N) is 4. The lowest BCUT2D eigenvalue weighted by Gasteiger charge is -2.07. The van der Waals surface area contributed by atoms with Crippen molar-refractivity contribution in [3.05, 3.63) is 91.4 Å². The molecule has 9 nitrogen and oxygen atoms in total. The Bertz CT molecular complexity index is 1320. The Morgan fingerprint density at radius 1 is 1.17 bits per heavy atom. The van der Waals surface area contributed by atoms with Crippen molar-refractivity contribution < 1.29 is 4.79 Å². The average Bonchev–Trinajstić information content (AvgIpc) is 3.15. The largest absolute Gasteiger partial charge is 0.350 e. The highest BCUT2D eigenvalue weighted by atomic mass is 79.9. The van der Waals surface area contributed by atoms with Crippen molar-refractivity contribution in [2.75, 3.05) is 6.54 Å². The maximum absolute atomic E-state index is 12.8. The van der Waals surface area contributed by atoms with Gasteiger partial charge in [-0.2, -0.15) is 5.10 Å². The molecular weight excluding hydrogens is 452 g/mol. The molecule has 2 N–H and O–H groups in total. The first kappa shape index (κ1) is 19.8. The van der Waals surface area contributed by atoms with Crippen molar-refractivity contribution in [3.8, 4) is 0 Å². The normalized spacial score (nSPS) is 11.0. The summed E-state index contributed by atoms with van der Waals surface area (Å²) in [6, 6.07) is 10.7. The second-order valence-corrected chi connectivity index (χ2v) is 7.49. The van der Waals surface area contributed by atoms with E-state index >= 15 is 0 Å². The number of aromatic nitrogens is 5. The fraction of sp³-hybridized carbons (Fsp3) is 0.150. The van der Waals surface area contributed by atoms with Gasteiger partial charge in [-0.05, 0) is 29.8 Å². The van der Waals surface area contributed by atoms with E-state index in [1.165, 1.54) is 29.4 Å². The molecule has 1 aromatic carbocycles. The highest BCUT2D eigenvalue weighted by Crippen LogP contribution is 2.12. The minimum absolute atomic E-state index is 0.0387. The Labute approximate surface area is 178 Å². The smallest absolute Gasteiger partial charge is 0.264 e. The molecular formula is C20H17BrN6O3. The van der Waals surface area contributed by atoms with Crippen LogP contribution in [0.3, 0.4) is 0 Å². The summed E-state index contributed by atoms with van der Waals surface area (Å²) >= 11 is 3.39. The van der Waals surface area contributed by atoms with Gasteiger partial charge in [0.15, 0.2) is 5.65 Å². The van der Waals surface area contributed by atoms with Gasteiger partial charge < -0.3 is 10.3 Å². The Morgan fingerprint density at radius 3 is 2.73 bits per heavy atom. The van der Waals surface area contributed by atoms with E-state index in [0.29, 0.717) is 24.1 Å². The maximum Gasteiger partial charge on any atom is 0.264 e. The van der Waals surface area contributed by atoms with Crippen LogP contribution in [-0.4, -0.2) is 36.8 Å². The van der Waals surface area contributed by atoms with Crippen LogP contribution in [-0.2, 0) is 13.1 Å². The number of halogens is 1. The SMILES string of the molecule is O=C(NCCn1ncc2c(=O)n(Cc3ccc(Br)cc3)cnc21)c1ccc[nH]c1=O. The number of benzene rings is 1. The third-order valence-electron chi connectivity index (χ3n) is 4.56. The lowest BCUT2D eigenvalue weighted by atomic mass is 10.2. The van der Waals surface area contributed by atoms with E-state index < -0.39 is 11.5 Å². The molecule has 10 heteroatoms. The number of hydrogen-bond acceptors (Lipinski definition) is 5. The summed E-state index contributed by atoms with van der Waals surface area (Å²) in [5, 5.41) is 7.29. The molecule has 0 atom stereocenters. The van der Waals surface area contributed by atoms with Crippen LogP contribution in [0, 0.1) is 0 Å². The number of rotatable bonds is 6. The summed E-state index contributed by atoms with van der Waals surface area (Å²) in [4.78, 5) is 43.4. The minimum Gasteiger partial charge on any atom is -0.350 e. The number of carbonyl (C=O) groups is 1. The van der Waals surface area contributed by atoms with Crippen molar-refractivity contribution in [3.63, 3.8) is 0 Å². The first-order valence-electron chi connectivity index (χ1n) is 9.14. The number of pyridine rings is 1. The van der Waals surface area contributed by atoms with E-state index in [2.05, 4.69) is 36.3 Å². The molecule has 152 valence electrons. The second-order valence-electron chi connectivity index (χ2n) is 6.58. The minimum atomic E-state index is -0.474. The average molecular weight is 469 g/mol. The summed E-state index contributed by atoms with van der Waals surface area (Å²) in [6.45, 7) is 0.943. The molecule has 0 radical (unpaired) electrons. The Kier molecular flexibility index (Phi) is 5.57. The number of H-pyrrole nitrogens is 1. The fourth-order valence-corrected chi connectivity index (χ4v) is 3.30. The molecule has 0 spiro atoms. The van der Waals surface area contributed by atoms with Gasteiger partial charge in [-0.1, -0.05) is 28.1 Å². The Balaban J connectivity index is 1.47. The summed E-state index contributed by atoms with van der Waals surface area (Å²) in [5.74, 6) is -0.474. The van der Waals surface area contributed by atoms with Crippen LogP contribution in [0.4, 0.5) is 0 Å². The molecule has 0 saturated heterocycles. The van der Waals surface area contributed by atoms with Gasteiger partial charge in [-0.3, -0.25) is 19.0 Å². The van der Waals surface area contributed by atoms with Gasteiger partial charge >= 0.3 is 0 Å². The molecule has 1 amide bonds. The fourth-order valence-electron chi connectivity index (χ4n) is 3.03. The standard InChI is InChI=1S/C20H17BrN6O3/c21-14-5-3-13(4-6-14)11-26-12-24-17-16(20(26)30)10-25-27(17)9-8-23-19(29)15-2-1-7-22-18(15)28/h1-7,10,12H,8-9,11H2,(H,22,28)(H,23,29). The highest BCUT2D eigenvalue weighted by molar-refractivity contribution is 9.10. The summed E-state index contributed by atoms with van der Waals surface area (Å²) in [7, 11) is 0. The molecule has 0 aliphatic heterocycles. The quantitative estimate of drug-likeness (QED) is 0.445. The van der Waals surface area contributed by atoms with Crippen molar-refractivity contribution in [2.24, 2.45) is 0 Å². The lowest BCUT2D eigenvalue weighted by Crippen LogP contribution is -2.31. The van der Waals surface area contributed by atoms with E-state index in [4.69, 9.17) is 0 Å². The number of hydrogen-bond donors (Lipinski definition) is 2. The third-order valence-corrected chi connectivity index (χ3v) is 5.09. The predicted octanol–water partition coefficient (Wildman–Crippen LogP) is 1.52. The van der Waals surface area contributed by atoms with E-state index in [1.54, 1.807) is 10.7 Å². The second kappa shape index (κ2) is 8.46. The zero-order valence-electron chi connectivity index (χ0n) is 15.7. The molecule has 0 unspecified atom stereocenters. The Hall–Kier alpha value is -3.53. The zero-order chi connectivity index (χ0) is 21.1. The number of nitrogens with one attached hydrogen (secondary N) is 2. The van der Waals surface area contributed by atoms with Gasteiger partial charge in [0, 0.05) is 17.2 Å². The number of aromatic amines is 1. The van der Waals surface area contributed by atoms with Gasteiger partial charge in [-0.25, -0.2) is 9.67 Å². The number of carbonyl (C=O) groups excluding carboxylic acids is 1. The molecule has 30 heavy (non-hydrogen) atoms. The molecule has 4 rings (SSSR count). The summed E-state index contributed by atoms with van der Waals surface area (Å²) in [5.41, 5.74) is 0.824. The molecule has 0 aliphatic rings. The molecule has 4 aromatic rings. The van der Waals surface area contributed by atoms with Crippen LogP contribution in [0.5, 0.6) is 0 Å². The molecule has 0 saturated carbocycles. The molecule has 3 heterocycles. The van der Waals surface area contributed by atoms with E-state index in [9.17, 15) is 14.4 Å². The van der Waals surface area contributed by atoms with Crippen LogP contribution in [0.1, 0.15) is 15.9 Å². The Morgan fingerprint density at radius 2 is 1.97 bits per heavy atom. The van der Waals surface area contributed by atoms with Gasteiger partial charge in [-0.15, -0.1) is 0 Å². The topological polar surface area (TPSA) is 115 Å². The van der Waals surface area contributed by atoms with Crippen LogP contribution in [0.2, 0.25) is 0 Å². The lowest BCUT2D eigenvalue weighted by molar-refractivity contribution is 0.0950. The van der Waals surface area contributed by atoms with Crippen LogP contribution < -0.4 is 16.4 Å². The van der Waals surface area contributed by atoms with Crippen molar-refractivity contribution in [1.82, 2.24) is 29.6 Å².